The molecule has 0 saturated carbocycles. The number of ketones is 1. The second-order valence-corrected chi connectivity index (χ2v) is 3.74. The van der Waals surface area contributed by atoms with Crippen molar-refractivity contribution in [2.75, 3.05) is 0 Å². The second kappa shape index (κ2) is 5.70. The first kappa shape index (κ1) is 12.8. The third kappa shape index (κ3) is 3.10. The third-order valence-corrected chi connectivity index (χ3v) is 2.40. The van der Waals surface area contributed by atoms with Gasteiger partial charge in [0.1, 0.15) is 11.6 Å². The molecule has 0 bridgehead atoms. The zero-order chi connectivity index (χ0) is 12.1. The quantitative estimate of drug-likeness (QED) is 0.786. The molecule has 0 aliphatic heterocycles. The lowest BCUT2D eigenvalue weighted by Gasteiger charge is -2.10. The van der Waals surface area contributed by atoms with Gasteiger partial charge in [-0.1, -0.05) is 19.8 Å². The van der Waals surface area contributed by atoms with Gasteiger partial charge in [-0.25, -0.2) is 8.78 Å². The Morgan fingerprint density at radius 3 is 2.69 bits per heavy atom. The fraction of sp³-hybridized carbons (Fsp3) is 0.417. The molecule has 0 amide bonds. The first-order valence-corrected chi connectivity index (χ1v) is 5.31. The standard InChI is InChI=1S/C12H15F2NO/c1-2-3-4-11(15)12(16)9-6-5-8(13)7-10(9)14/h5-7,11H,2-4,15H2,1H3. The van der Waals surface area contributed by atoms with Gasteiger partial charge < -0.3 is 5.73 Å². The maximum absolute atomic E-state index is 13.3. The van der Waals surface area contributed by atoms with Gasteiger partial charge in [-0.05, 0) is 18.6 Å². The van der Waals surface area contributed by atoms with E-state index in [0.717, 1.165) is 25.0 Å². The van der Waals surface area contributed by atoms with E-state index in [1.54, 1.807) is 0 Å². The number of benzene rings is 1. The number of halogens is 2. The topological polar surface area (TPSA) is 43.1 Å². The molecule has 0 saturated heterocycles. The average Bonchev–Trinajstić information content (AvgIpc) is 2.25. The first-order chi connectivity index (χ1) is 7.56. The summed E-state index contributed by atoms with van der Waals surface area (Å²) in [6, 6.07) is 2.18. The Bertz CT molecular complexity index is 379. The van der Waals surface area contributed by atoms with E-state index in [1.165, 1.54) is 0 Å². The van der Waals surface area contributed by atoms with Gasteiger partial charge in [0.25, 0.3) is 0 Å². The van der Waals surface area contributed by atoms with Crippen LogP contribution >= 0.6 is 0 Å². The molecule has 16 heavy (non-hydrogen) atoms. The summed E-state index contributed by atoms with van der Waals surface area (Å²) < 4.78 is 25.9. The highest BCUT2D eigenvalue weighted by molar-refractivity contribution is 6.00. The van der Waals surface area contributed by atoms with Crippen molar-refractivity contribution in [2.24, 2.45) is 5.73 Å². The molecule has 88 valence electrons. The highest BCUT2D eigenvalue weighted by Gasteiger charge is 2.18. The van der Waals surface area contributed by atoms with Crippen LogP contribution in [0.3, 0.4) is 0 Å². The van der Waals surface area contributed by atoms with Crippen molar-refractivity contribution in [3.05, 3.63) is 35.4 Å². The highest BCUT2D eigenvalue weighted by atomic mass is 19.1. The van der Waals surface area contributed by atoms with Crippen molar-refractivity contribution < 1.29 is 13.6 Å². The predicted molar refractivity (Wildman–Crippen MR) is 58.2 cm³/mol. The Balaban J connectivity index is 2.79. The van der Waals surface area contributed by atoms with Crippen LogP contribution < -0.4 is 5.73 Å². The second-order valence-electron chi connectivity index (χ2n) is 3.74. The molecule has 0 aliphatic carbocycles. The van der Waals surface area contributed by atoms with Gasteiger partial charge in [0.2, 0.25) is 0 Å². The summed E-state index contributed by atoms with van der Waals surface area (Å²) in [6.45, 7) is 1.98. The Labute approximate surface area is 93.5 Å². The normalized spacial score (nSPS) is 12.5. The van der Waals surface area contributed by atoms with E-state index in [-0.39, 0.29) is 5.56 Å². The predicted octanol–water partition coefficient (Wildman–Crippen LogP) is 2.67. The molecule has 1 unspecified atom stereocenters. The van der Waals surface area contributed by atoms with Crippen molar-refractivity contribution in [2.45, 2.75) is 32.2 Å². The molecular formula is C12H15F2NO. The summed E-state index contributed by atoms with van der Waals surface area (Å²) in [7, 11) is 0. The SMILES string of the molecule is CCCCC(N)C(=O)c1ccc(F)cc1F. The minimum Gasteiger partial charge on any atom is -0.321 e. The Kier molecular flexibility index (Phi) is 4.55. The van der Waals surface area contributed by atoms with Crippen LogP contribution in [0.25, 0.3) is 0 Å². The van der Waals surface area contributed by atoms with Crippen molar-refractivity contribution in [1.29, 1.82) is 0 Å². The maximum Gasteiger partial charge on any atom is 0.182 e. The van der Waals surface area contributed by atoms with Crippen LogP contribution in [-0.2, 0) is 0 Å². The van der Waals surface area contributed by atoms with Crippen LogP contribution in [0.4, 0.5) is 8.78 Å². The van der Waals surface area contributed by atoms with Gasteiger partial charge in [0.05, 0.1) is 11.6 Å². The summed E-state index contributed by atoms with van der Waals surface area (Å²) in [4.78, 5) is 11.7. The van der Waals surface area contributed by atoms with E-state index in [2.05, 4.69) is 0 Å². The number of carbonyl (C=O) groups excluding carboxylic acids is 1. The van der Waals surface area contributed by atoms with Crippen molar-refractivity contribution in [3.8, 4) is 0 Å². The van der Waals surface area contributed by atoms with Crippen LogP contribution in [0, 0.1) is 11.6 Å². The lowest BCUT2D eigenvalue weighted by atomic mass is 10.00. The van der Waals surface area contributed by atoms with Gasteiger partial charge >= 0.3 is 0 Å². The largest absolute Gasteiger partial charge is 0.321 e. The first-order valence-electron chi connectivity index (χ1n) is 5.31. The summed E-state index contributed by atoms with van der Waals surface area (Å²) in [5.74, 6) is -2.01. The fourth-order valence-corrected chi connectivity index (χ4v) is 1.44. The van der Waals surface area contributed by atoms with Crippen LogP contribution in [0.2, 0.25) is 0 Å². The molecule has 0 spiro atoms. The molecule has 1 aromatic carbocycles. The molecule has 1 aromatic rings. The van der Waals surface area contributed by atoms with Crippen molar-refractivity contribution in [3.63, 3.8) is 0 Å². The molecule has 0 fully saturated rings. The van der Waals surface area contributed by atoms with Gasteiger partial charge in [-0.15, -0.1) is 0 Å². The number of rotatable bonds is 5. The van der Waals surface area contributed by atoms with Crippen LogP contribution in [0.1, 0.15) is 36.5 Å². The number of Topliss-reactive ketones (excluding diaryl/α,β-unsaturated/α-hetero) is 1. The number of nitrogens with two attached hydrogens (primary N) is 1. The van der Waals surface area contributed by atoms with E-state index in [1.807, 2.05) is 6.92 Å². The molecule has 0 radical (unpaired) electrons. The van der Waals surface area contributed by atoms with Gasteiger partial charge in [-0.2, -0.15) is 0 Å². The lowest BCUT2D eigenvalue weighted by molar-refractivity contribution is 0.0952. The molecule has 1 atom stereocenters. The summed E-state index contributed by atoms with van der Waals surface area (Å²) >= 11 is 0. The van der Waals surface area contributed by atoms with Gasteiger partial charge in [0, 0.05) is 6.07 Å². The van der Waals surface area contributed by atoms with Crippen LogP contribution in [0.5, 0.6) is 0 Å². The minimum atomic E-state index is -0.850. The number of hydrogen-bond acceptors (Lipinski definition) is 2. The van der Waals surface area contributed by atoms with E-state index in [0.29, 0.717) is 12.5 Å². The summed E-state index contributed by atoms with van der Waals surface area (Å²) in [5, 5.41) is 0. The Morgan fingerprint density at radius 2 is 2.12 bits per heavy atom. The maximum atomic E-state index is 13.3. The molecule has 4 heteroatoms. The zero-order valence-corrected chi connectivity index (χ0v) is 9.17. The highest BCUT2D eigenvalue weighted by Crippen LogP contribution is 2.13. The number of hydrogen-bond donors (Lipinski definition) is 1. The van der Waals surface area contributed by atoms with Gasteiger partial charge in [-0.3, -0.25) is 4.79 Å². The van der Waals surface area contributed by atoms with E-state index < -0.39 is 23.5 Å². The molecule has 0 aromatic heterocycles. The van der Waals surface area contributed by atoms with Crippen molar-refractivity contribution >= 4 is 5.78 Å². The molecule has 1 rings (SSSR count). The monoisotopic (exact) mass is 227 g/mol. The smallest absolute Gasteiger partial charge is 0.182 e. The third-order valence-electron chi connectivity index (χ3n) is 2.40. The number of unbranched alkanes of at least 4 members (excludes halogenated alkanes) is 1. The molecular weight excluding hydrogens is 212 g/mol. The molecule has 2 nitrogen and oxygen atoms in total. The molecule has 0 heterocycles. The zero-order valence-electron chi connectivity index (χ0n) is 9.17. The van der Waals surface area contributed by atoms with Crippen LogP contribution in [-0.4, -0.2) is 11.8 Å². The Hall–Kier alpha value is -1.29. The molecule has 2 N–H and O–H groups in total. The minimum absolute atomic E-state index is 0.134. The van der Waals surface area contributed by atoms with E-state index in [9.17, 15) is 13.6 Å². The van der Waals surface area contributed by atoms with Gasteiger partial charge in [0.15, 0.2) is 5.78 Å². The lowest BCUT2D eigenvalue weighted by Crippen LogP contribution is -2.31. The Morgan fingerprint density at radius 1 is 1.44 bits per heavy atom. The summed E-state index contributed by atoms with van der Waals surface area (Å²) in [5.41, 5.74) is 5.50. The molecule has 0 aliphatic rings. The van der Waals surface area contributed by atoms with Crippen LogP contribution in [0.15, 0.2) is 18.2 Å². The fourth-order valence-electron chi connectivity index (χ4n) is 1.44. The van der Waals surface area contributed by atoms with E-state index in [4.69, 9.17) is 5.73 Å². The van der Waals surface area contributed by atoms with E-state index >= 15 is 0 Å². The number of carbonyl (C=O) groups is 1. The van der Waals surface area contributed by atoms with Crippen molar-refractivity contribution in [1.82, 2.24) is 0 Å². The summed E-state index contributed by atoms with van der Waals surface area (Å²) in [6.07, 6.45) is 2.26. The average molecular weight is 227 g/mol.